The lowest BCUT2D eigenvalue weighted by Gasteiger charge is -2.40. The van der Waals surface area contributed by atoms with Gasteiger partial charge in [-0.25, -0.2) is 8.42 Å². The van der Waals surface area contributed by atoms with Crippen LogP contribution in [-0.4, -0.2) is 27.1 Å². The molecule has 0 spiro atoms. The molecule has 0 aromatic heterocycles. The third kappa shape index (κ3) is 6.47. The summed E-state index contributed by atoms with van der Waals surface area (Å²) in [6.45, 7) is 0.137. The summed E-state index contributed by atoms with van der Waals surface area (Å²) in [4.78, 5) is 12.8. The lowest BCUT2D eigenvalue weighted by molar-refractivity contribution is -0.155. The second kappa shape index (κ2) is 11.0. The van der Waals surface area contributed by atoms with Crippen molar-refractivity contribution in [1.29, 1.82) is 0 Å². The maximum Gasteiger partial charge on any atom is 0.310 e. The number of hydrogen-bond acceptors (Lipinski definition) is 5. The lowest BCUT2D eigenvalue weighted by Crippen LogP contribution is -2.38. The molecular formula is C27H32O5S. The molecule has 2 aromatic rings. The maximum absolute atomic E-state index is 12.5. The second-order valence-corrected chi connectivity index (χ2v) is 10.9. The molecule has 2 aliphatic rings. The molecule has 33 heavy (non-hydrogen) atoms. The normalized spacial score (nSPS) is 23.1. The molecule has 2 aromatic carbocycles. The molecule has 2 fully saturated rings. The first-order valence-electron chi connectivity index (χ1n) is 11.9. The van der Waals surface area contributed by atoms with Crippen LogP contribution < -0.4 is 4.74 Å². The van der Waals surface area contributed by atoms with Crippen LogP contribution in [0.5, 0.6) is 5.75 Å². The molecule has 0 amide bonds. The zero-order valence-electron chi connectivity index (χ0n) is 18.9. The summed E-state index contributed by atoms with van der Waals surface area (Å²) < 4.78 is 36.0. The van der Waals surface area contributed by atoms with E-state index in [1.165, 1.54) is 38.2 Å². The SMILES string of the molecule is O=C(Cc1ccc(OC/C=C/S(=O)(=O)c2ccccc2)cc1)OC1CCC[C@@H]2CCCC[C@H]12. The molecule has 176 valence electrons. The number of sulfone groups is 1. The summed E-state index contributed by atoms with van der Waals surface area (Å²) in [5, 5.41) is 1.16. The number of fused-ring (bicyclic) bond motifs is 1. The van der Waals surface area contributed by atoms with Gasteiger partial charge in [0.05, 0.1) is 11.3 Å². The van der Waals surface area contributed by atoms with Crippen molar-refractivity contribution in [3.05, 3.63) is 71.6 Å². The molecule has 0 saturated heterocycles. The second-order valence-electron chi connectivity index (χ2n) is 9.03. The van der Waals surface area contributed by atoms with Gasteiger partial charge in [-0.05, 0) is 73.4 Å². The largest absolute Gasteiger partial charge is 0.490 e. The Kier molecular flexibility index (Phi) is 7.86. The van der Waals surface area contributed by atoms with Crippen molar-refractivity contribution in [3.8, 4) is 5.75 Å². The molecule has 0 aliphatic heterocycles. The van der Waals surface area contributed by atoms with Crippen molar-refractivity contribution in [2.75, 3.05) is 6.61 Å². The van der Waals surface area contributed by atoms with Crippen LogP contribution in [0.1, 0.15) is 50.5 Å². The van der Waals surface area contributed by atoms with Crippen LogP contribution in [0, 0.1) is 11.8 Å². The average Bonchev–Trinajstić information content (AvgIpc) is 2.84. The van der Waals surface area contributed by atoms with E-state index in [1.54, 1.807) is 42.5 Å². The summed E-state index contributed by atoms with van der Waals surface area (Å²) in [5.74, 6) is 1.74. The highest BCUT2D eigenvalue weighted by atomic mass is 32.2. The predicted octanol–water partition coefficient (Wildman–Crippen LogP) is 5.50. The first-order chi connectivity index (χ1) is 16.0. The Morgan fingerprint density at radius 1 is 0.909 bits per heavy atom. The van der Waals surface area contributed by atoms with Crippen LogP contribution in [0.3, 0.4) is 0 Å². The van der Waals surface area contributed by atoms with Crippen LogP contribution in [0.25, 0.3) is 0 Å². The Bertz CT molecular complexity index is 1040. The van der Waals surface area contributed by atoms with E-state index in [1.807, 2.05) is 12.1 Å². The van der Waals surface area contributed by atoms with Crippen molar-refractivity contribution < 1.29 is 22.7 Å². The maximum atomic E-state index is 12.5. The predicted molar refractivity (Wildman–Crippen MR) is 128 cm³/mol. The molecule has 4 rings (SSSR count). The van der Waals surface area contributed by atoms with Crippen molar-refractivity contribution >= 4 is 15.8 Å². The Morgan fingerprint density at radius 3 is 2.42 bits per heavy atom. The smallest absolute Gasteiger partial charge is 0.310 e. The van der Waals surface area contributed by atoms with E-state index in [0.29, 0.717) is 11.7 Å². The summed E-state index contributed by atoms with van der Waals surface area (Å²) in [5.41, 5.74) is 0.880. The number of carbonyl (C=O) groups is 1. The van der Waals surface area contributed by atoms with E-state index >= 15 is 0 Å². The Balaban J connectivity index is 1.24. The summed E-state index contributed by atoms with van der Waals surface area (Å²) in [6.07, 6.45) is 10.3. The van der Waals surface area contributed by atoms with E-state index in [0.717, 1.165) is 29.7 Å². The van der Waals surface area contributed by atoms with Gasteiger partial charge in [-0.2, -0.15) is 0 Å². The zero-order valence-corrected chi connectivity index (χ0v) is 19.7. The molecule has 0 heterocycles. The third-order valence-electron chi connectivity index (χ3n) is 6.76. The number of hydrogen-bond donors (Lipinski definition) is 0. The van der Waals surface area contributed by atoms with Crippen molar-refractivity contribution in [3.63, 3.8) is 0 Å². The molecule has 0 bridgehead atoms. The fraction of sp³-hybridized carbons (Fsp3) is 0.444. The molecule has 3 atom stereocenters. The van der Waals surface area contributed by atoms with E-state index in [2.05, 4.69) is 0 Å². The molecule has 0 radical (unpaired) electrons. The summed E-state index contributed by atoms with van der Waals surface area (Å²) in [6, 6.07) is 15.6. The Hall–Kier alpha value is -2.60. The Labute approximate surface area is 196 Å². The molecule has 5 nitrogen and oxygen atoms in total. The van der Waals surface area contributed by atoms with Gasteiger partial charge in [0.25, 0.3) is 0 Å². The van der Waals surface area contributed by atoms with Gasteiger partial charge in [0.1, 0.15) is 18.5 Å². The van der Waals surface area contributed by atoms with Gasteiger partial charge in [-0.1, -0.05) is 49.6 Å². The van der Waals surface area contributed by atoms with Crippen molar-refractivity contribution in [2.24, 2.45) is 11.8 Å². The van der Waals surface area contributed by atoms with E-state index in [-0.39, 0.29) is 30.0 Å². The quantitative estimate of drug-likeness (QED) is 0.479. The lowest BCUT2D eigenvalue weighted by atomic mass is 9.69. The van der Waals surface area contributed by atoms with Crippen LogP contribution in [0.15, 0.2) is 71.0 Å². The van der Waals surface area contributed by atoms with Crippen LogP contribution in [0.2, 0.25) is 0 Å². The van der Waals surface area contributed by atoms with E-state index < -0.39 is 9.84 Å². The minimum absolute atomic E-state index is 0.0816. The molecule has 6 heteroatoms. The molecule has 2 aliphatic carbocycles. The summed E-state index contributed by atoms with van der Waals surface area (Å²) in [7, 11) is -3.47. The van der Waals surface area contributed by atoms with Crippen LogP contribution in [-0.2, 0) is 25.8 Å². The standard InChI is InChI=1S/C27H32O5S/c28-27(32-26-13-6-9-22-8-4-5-12-25(22)26)20-21-14-16-23(17-15-21)31-18-7-19-33(29,30)24-10-2-1-3-11-24/h1-3,7,10-11,14-17,19,22,25-26H,4-6,8-9,12-13,18,20H2/b19-7+/t22-,25-,26?/m0/s1. The first kappa shape index (κ1) is 23.6. The third-order valence-corrected chi connectivity index (χ3v) is 8.24. The average molecular weight is 469 g/mol. The van der Waals surface area contributed by atoms with Gasteiger partial charge in [0.15, 0.2) is 9.84 Å². The highest BCUT2D eigenvalue weighted by molar-refractivity contribution is 7.94. The van der Waals surface area contributed by atoms with E-state index in [9.17, 15) is 13.2 Å². The number of ether oxygens (including phenoxy) is 2. The highest BCUT2D eigenvalue weighted by Crippen LogP contribution is 2.41. The Morgan fingerprint density at radius 2 is 1.64 bits per heavy atom. The van der Waals surface area contributed by atoms with Gasteiger partial charge in [0.2, 0.25) is 0 Å². The molecule has 0 N–H and O–H groups in total. The molecule has 1 unspecified atom stereocenters. The monoisotopic (exact) mass is 468 g/mol. The number of rotatable bonds is 8. The fourth-order valence-corrected chi connectivity index (χ4v) is 6.13. The van der Waals surface area contributed by atoms with E-state index in [4.69, 9.17) is 9.47 Å². The van der Waals surface area contributed by atoms with Gasteiger partial charge in [-0.15, -0.1) is 0 Å². The van der Waals surface area contributed by atoms with Crippen molar-refractivity contribution in [2.45, 2.75) is 62.4 Å². The van der Waals surface area contributed by atoms with Gasteiger partial charge in [-0.3, -0.25) is 4.79 Å². The highest BCUT2D eigenvalue weighted by Gasteiger charge is 2.36. The number of esters is 1. The minimum atomic E-state index is -3.47. The minimum Gasteiger partial charge on any atom is -0.490 e. The number of carbonyl (C=O) groups excluding carboxylic acids is 1. The van der Waals surface area contributed by atoms with Gasteiger partial charge >= 0.3 is 5.97 Å². The van der Waals surface area contributed by atoms with Crippen molar-refractivity contribution in [1.82, 2.24) is 0 Å². The first-order valence-corrected chi connectivity index (χ1v) is 13.4. The zero-order chi connectivity index (χ0) is 23.1. The van der Waals surface area contributed by atoms with Crippen LogP contribution in [0.4, 0.5) is 0 Å². The number of benzene rings is 2. The van der Waals surface area contributed by atoms with Gasteiger partial charge < -0.3 is 9.47 Å². The fourth-order valence-electron chi connectivity index (χ4n) is 5.11. The molecule has 2 saturated carbocycles. The molecular weight excluding hydrogens is 436 g/mol. The van der Waals surface area contributed by atoms with Gasteiger partial charge in [0, 0.05) is 5.41 Å². The topological polar surface area (TPSA) is 69.7 Å². The van der Waals surface area contributed by atoms with Crippen LogP contribution >= 0.6 is 0 Å². The summed E-state index contributed by atoms with van der Waals surface area (Å²) >= 11 is 0.